The molecule has 19 heavy (non-hydrogen) atoms. The normalized spacial score (nSPS) is 26.1. The first-order valence-corrected chi connectivity index (χ1v) is 6.97. The summed E-state index contributed by atoms with van der Waals surface area (Å²) in [6.45, 7) is 0. The first-order valence-electron chi connectivity index (χ1n) is 6.59. The van der Waals surface area contributed by atoms with E-state index >= 15 is 0 Å². The van der Waals surface area contributed by atoms with E-state index < -0.39 is 0 Å². The SMILES string of the molecule is O=C(Cl)CC12CC(c3ccccc31)c1ccccc12. The molecule has 4 rings (SSSR count). The van der Waals surface area contributed by atoms with Gasteiger partial charge in [0.2, 0.25) is 5.24 Å². The molecule has 0 fully saturated rings. The van der Waals surface area contributed by atoms with Crippen molar-refractivity contribution in [2.75, 3.05) is 0 Å². The van der Waals surface area contributed by atoms with Gasteiger partial charge in [0.05, 0.1) is 0 Å². The summed E-state index contributed by atoms with van der Waals surface area (Å²) < 4.78 is 0. The maximum Gasteiger partial charge on any atom is 0.222 e. The van der Waals surface area contributed by atoms with Crippen molar-refractivity contribution < 1.29 is 4.79 Å². The van der Waals surface area contributed by atoms with Gasteiger partial charge >= 0.3 is 0 Å². The van der Waals surface area contributed by atoms with Crippen LogP contribution in [0.5, 0.6) is 0 Å². The summed E-state index contributed by atoms with van der Waals surface area (Å²) in [6.07, 6.45) is 1.39. The molecule has 0 unspecified atom stereocenters. The average molecular weight is 269 g/mol. The second kappa shape index (κ2) is 3.71. The Kier molecular flexibility index (Phi) is 2.19. The Bertz CT molecular complexity index is 642. The minimum Gasteiger partial charge on any atom is -0.281 e. The predicted molar refractivity (Wildman–Crippen MR) is 75.6 cm³/mol. The van der Waals surface area contributed by atoms with Crippen LogP contribution >= 0.6 is 11.6 Å². The van der Waals surface area contributed by atoms with E-state index in [0.717, 1.165) is 6.42 Å². The molecule has 0 heterocycles. The van der Waals surface area contributed by atoms with Crippen molar-refractivity contribution in [3.05, 3.63) is 70.8 Å². The van der Waals surface area contributed by atoms with Crippen LogP contribution < -0.4 is 0 Å². The molecule has 2 aliphatic rings. The fraction of sp³-hybridized carbons (Fsp3) is 0.235. The van der Waals surface area contributed by atoms with Crippen LogP contribution in [0.1, 0.15) is 41.0 Å². The van der Waals surface area contributed by atoms with Crippen LogP contribution in [0, 0.1) is 0 Å². The van der Waals surface area contributed by atoms with Crippen molar-refractivity contribution in [3.8, 4) is 0 Å². The Morgan fingerprint density at radius 3 is 2.11 bits per heavy atom. The van der Waals surface area contributed by atoms with E-state index in [4.69, 9.17) is 11.6 Å². The third-order valence-corrected chi connectivity index (χ3v) is 4.83. The third-order valence-electron chi connectivity index (χ3n) is 4.70. The van der Waals surface area contributed by atoms with Crippen molar-refractivity contribution in [2.45, 2.75) is 24.2 Å². The lowest BCUT2D eigenvalue weighted by Crippen LogP contribution is -2.26. The lowest BCUT2D eigenvalue weighted by molar-refractivity contribution is -0.112. The third kappa shape index (κ3) is 1.34. The Hall–Kier alpha value is -1.60. The summed E-state index contributed by atoms with van der Waals surface area (Å²) in [4.78, 5) is 11.6. The van der Waals surface area contributed by atoms with Gasteiger partial charge in [-0.3, -0.25) is 4.79 Å². The Balaban J connectivity index is 2.01. The van der Waals surface area contributed by atoms with Gasteiger partial charge in [0.15, 0.2) is 0 Å². The molecule has 1 nitrogen and oxygen atoms in total. The van der Waals surface area contributed by atoms with Crippen molar-refractivity contribution in [2.24, 2.45) is 0 Å². The standard InChI is InChI=1S/C17H13ClO/c18-16(19)10-17-9-13(11-5-1-3-7-14(11)17)12-6-2-4-8-15(12)17/h1-8,13H,9-10H2. The lowest BCUT2D eigenvalue weighted by atomic mass is 9.73. The van der Waals surface area contributed by atoms with Crippen LogP contribution in [0.25, 0.3) is 0 Å². The molecule has 0 N–H and O–H groups in total. The van der Waals surface area contributed by atoms with Gasteiger partial charge in [-0.05, 0) is 40.3 Å². The molecular weight excluding hydrogens is 256 g/mol. The molecule has 0 aliphatic heterocycles. The van der Waals surface area contributed by atoms with Crippen LogP contribution in [0.2, 0.25) is 0 Å². The monoisotopic (exact) mass is 268 g/mol. The molecule has 2 aromatic rings. The number of halogens is 1. The van der Waals surface area contributed by atoms with Gasteiger partial charge in [-0.2, -0.15) is 0 Å². The number of carbonyl (C=O) groups is 1. The summed E-state index contributed by atoms with van der Waals surface area (Å²) in [5.41, 5.74) is 5.16. The number of carbonyl (C=O) groups excluding carboxylic acids is 1. The molecular formula is C17H13ClO. The summed E-state index contributed by atoms with van der Waals surface area (Å²) >= 11 is 5.74. The van der Waals surface area contributed by atoms with Crippen LogP contribution in [-0.4, -0.2) is 5.24 Å². The van der Waals surface area contributed by atoms with Gasteiger partial charge in [-0.15, -0.1) is 0 Å². The van der Waals surface area contributed by atoms with E-state index in [1.165, 1.54) is 22.3 Å². The van der Waals surface area contributed by atoms with Crippen molar-refractivity contribution >= 4 is 16.8 Å². The zero-order valence-electron chi connectivity index (χ0n) is 10.4. The van der Waals surface area contributed by atoms with Gasteiger partial charge in [0.1, 0.15) is 0 Å². The minimum atomic E-state index is -0.243. The van der Waals surface area contributed by atoms with Crippen LogP contribution in [0.3, 0.4) is 0 Å². The summed E-state index contributed by atoms with van der Waals surface area (Å²) in [7, 11) is 0. The molecule has 0 amide bonds. The molecule has 2 aliphatic carbocycles. The van der Waals surface area contributed by atoms with Crippen LogP contribution in [0.4, 0.5) is 0 Å². The van der Waals surface area contributed by atoms with E-state index in [0.29, 0.717) is 12.3 Å². The van der Waals surface area contributed by atoms with Crippen LogP contribution in [0.15, 0.2) is 48.5 Å². The quantitative estimate of drug-likeness (QED) is 0.753. The molecule has 0 atom stereocenters. The molecule has 0 radical (unpaired) electrons. The van der Waals surface area contributed by atoms with Crippen molar-refractivity contribution in [1.82, 2.24) is 0 Å². The first kappa shape index (κ1) is 11.2. The molecule has 2 aromatic carbocycles. The maximum absolute atomic E-state index is 11.6. The highest BCUT2D eigenvalue weighted by atomic mass is 35.5. The first-order chi connectivity index (χ1) is 9.22. The van der Waals surface area contributed by atoms with Gasteiger partial charge < -0.3 is 0 Å². The van der Waals surface area contributed by atoms with Gasteiger partial charge in [0.25, 0.3) is 0 Å². The summed E-state index contributed by atoms with van der Waals surface area (Å²) in [5, 5.41) is -0.243. The highest BCUT2D eigenvalue weighted by molar-refractivity contribution is 6.63. The largest absolute Gasteiger partial charge is 0.281 e. The highest BCUT2D eigenvalue weighted by Crippen LogP contribution is 2.61. The fourth-order valence-corrected chi connectivity index (χ4v) is 4.30. The van der Waals surface area contributed by atoms with E-state index in [-0.39, 0.29) is 10.7 Å². The lowest BCUT2D eigenvalue weighted by Gasteiger charge is -2.30. The minimum absolute atomic E-state index is 0.184. The molecule has 94 valence electrons. The average Bonchev–Trinajstić information content (AvgIpc) is 2.91. The van der Waals surface area contributed by atoms with Gasteiger partial charge in [-0.1, -0.05) is 48.5 Å². The van der Waals surface area contributed by atoms with Gasteiger partial charge in [0, 0.05) is 17.8 Å². The highest BCUT2D eigenvalue weighted by Gasteiger charge is 2.52. The second-order valence-electron chi connectivity index (χ2n) is 5.55. The van der Waals surface area contributed by atoms with E-state index in [1.807, 2.05) is 0 Å². The van der Waals surface area contributed by atoms with Crippen molar-refractivity contribution in [3.63, 3.8) is 0 Å². The zero-order chi connectivity index (χ0) is 13.0. The summed E-state index contributed by atoms with van der Waals surface area (Å²) in [5.74, 6) is 0.434. The predicted octanol–water partition coefficient (Wildman–Crippen LogP) is 3.98. The Morgan fingerprint density at radius 2 is 1.58 bits per heavy atom. The maximum atomic E-state index is 11.6. The number of rotatable bonds is 2. The molecule has 0 saturated heterocycles. The van der Waals surface area contributed by atoms with E-state index in [2.05, 4.69) is 48.5 Å². The summed E-state index contributed by atoms with van der Waals surface area (Å²) in [6, 6.07) is 17.0. The number of hydrogen-bond acceptors (Lipinski definition) is 1. The Morgan fingerprint density at radius 1 is 1.05 bits per heavy atom. The second-order valence-corrected chi connectivity index (χ2v) is 5.97. The van der Waals surface area contributed by atoms with E-state index in [1.54, 1.807) is 0 Å². The molecule has 2 bridgehead atoms. The van der Waals surface area contributed by atoms with Gasteiger partial charge in [-0.25, -0.2) is 0 Å². The molecule has 0 saturated carbocycles. The number of benzene rings is 2. The zero-order valence-corrected chi connectivity index (χ0v) is 11.2. The molecule has 0 aromatic heterocycles. The smallest absolute Gasteiger partial charge is 0.222 e. The van der Waals surface area contributed by atoms with Crippen molar-refractivity contribution in [1.29, 1.82) is 0 Å². The number of hydrogen-bond donors (Lipinski definition) is 0. The Labute approximate surface area is 117 Å². The van der Waals surface area contributed by atoms with Crippen LogP contribution in [-0.2, 0) is 10.2 Å². The number of fused-ring (bicyclic) bond motifs is 8. The topological polar surface area (TPSA) is 17.1 Å². The molecule has 0 spiro atoms. The van der Waals surface area contributed by atoms with E-state index in [9.17, 15) is 4.79 Å². The molecule has 2 heteroatoms. The fourth-order valence-electron chi connectivity index (χ4n) is 4.07.